The zero-order valence-electron chi connectivity index (χ0n) is 17.1. The summed E-state index contributed by atoms with van der Waals surface area (Å²) in [5.41, 5.74) is 0.396. The number of piperidine rings is 2. The second-order valence-electron chi connectivity index (χ2n) is 9.49. The Balaban J connectivity index is 1.58. The van der Waals surface area contributed by atoms with Gasteiger partial charge >= 0.3 is 0 Å². The first-order valence-corrected chi connectivity index (χ1v) is 10.3. The number of aliphatic hydroxyl groups excluding tert-OH is 1. The molecule has 6 nitrogen and oxygen atoms in total. The van der Waals surface area contributed by atoms with E-state index in [0.29, 0.717) is 11.3 Å². The monoisotopic (exact) mass is 363 g/mol. The molecule has 2 aliphatic heterocycles. The Morgan fingerprint density at radius 2 is 1.77 bits per heavy atom. The van der Waals surface area contributed by atoms with Gasteiger partial charge in [0.25, 0.3) is 0 Å². The standard InChI is InChI=1S/C20H37N5O/c1-20(2,3)9-13-24-10-5-6-16(14-24)19-22-21-18(23(19)4)15-25-11-7-17(26)8-12-25/h16-17,26H,5-15H2,1-4H3. The number of rotatable bonds is 5. The third kappa shape index (κ3) is 5.27. The summed E-state index contributed by atoms with van der Waals surface area (Å²) in [6, 6.07) is 0. The summed E-state index contributed by atoms with van der Waals surface area (Å²) in [5, 5.41) is 18.8. The van der Waals surface area contributed by atoms with Crippen molar-refractivity contribution >= 4 is 0 Å². The highest BCUT2D eigenvalue weighted by Crippen LogP contribution is 2.28. The van der Waals surface area contributed by atoms with Crippen LogP contribution in [0.3, 0.4) is 0 Å². The normalized spacial score (nSPS) is 24.3. The van der Waals surface area contributed by atoms with Gasteiger partial charge in [-0.1, -0.05) is 20.8 Å². The summed E-state index contributed by atoms with van der Waals surface area (Å²) in [5.74, 6) is 2.71. The zero-order chi connectivity index (χ0) is 18.7. The highest BCUT2D eigenvalue weighted by atomic mass is 16.3. The second kappa shape index (κ2) is 8.36. The maximum absolute atomic E-state index is 9.68. The van der Waals surface area contributed by atoms with E-state index in [1.165, 1.54) is 32.4 Å². The number of hydrogen-bond donors (Lipinski definition) is 1. The van der Waals surface area contributed by atoms with E-state index in [-0.39, 0.29) is 6.10 Å². The van der Waals surface area contributed by atoms with Gasteiger partial charge in [-0.05, 0) is 50.6 Å². The molecule has 148 valence electrons. The third-order valence-corrected chi connectivity index (χ3v) is 5.97. The molecule has 0 amide bonds. The molecular weight excluding hydrogens is 326 g/mol. The van der Waals surface area contributed by atoms with Crippen LogP contribution in [0.4, 0.5) is 0 Å². The van der Waals surface area contributed by atoms with Gasteiger partial charge in [-0.25, -0.2) is 0 Å². The molecule has 3 heterocycles. The topological polar surface area (TPSA) is 57.4 Å². The van der Waals surface area contributed by atoms with Crippen LogP contribution in [0, 0.1) is 5.41 Å². The minimum atomic E-state index is -0.123. The van der Waals surface area contributed by atoms with Gasteiger partial charge in [0.05, 0.1) is 12.6 Å². The van der Waals surface area contributed by atoms with E-state index in [1.54, 1.807) is 0 Å². The maximum atomic E-state index is 9.68. The number of likely N-dealkylation sites (tertiary alicyclic amines) is 2. The predicted molar refractivity (Wildman–Crippen MR) is 104 cm³/mol. The highest BCUT2D eigenvalue weighted by molar-refractivity contribution is 5.04. The first-order chi connectivity index (χ1) is 12.3. The predicted octanol–water partition coefficient (Wildman–Crippen LogP) is 2.39. The van der Waals surface area contributed by atoms with E-state index >= 15 is 0 Å². The van der Waals surface area contributed by atoms with Crippen molar-refractivity contribution in [1.29, 1.82) is 0 Å². The molecule has 0 saturated carbocycles. The number of hydrogen-bond acceptors (Lipinski definition) is 5. The van der Waals surface area contributed by atoms with E-state index in [2.05, 4.69) is 52.4 Å². The average Bonchev–Trinajstić information content (AvgIpc) is 2.95. The van der Waals surface area contributed by atoms with Gasteiger partial charge < -0.3 is 14.6 Å². The van der Waals surface area contributed by atoms with Crippen LogP contribution in [0.25, 0.3) is 0 Å². The fraction of sp³-hybridized carbons (Fsp3) is 0.900. The van der Waals surface area contributed by atoms with Crippen molar-refractivity contribution in [1.82, 2.24) is 24.6 Å². The molecule has 1 aromatic heterocycles. The van der Waals surface area contributed by atoms with Crippen molar-refractivity contribution in [2.45, 2.75) is 71.4 Å². The lowest BCUT2D eigenvalue weighted by Crippen LogP contribution is -2.37. The molecule has 3 rings (SSSR count). The number of aromatic nitrogens is 3. The Morgan fingerprint density at radius 1 is 1.04 bits per heavy atom. The van der Waals surface area contributed by atoms with Crippen LogP contribution in [0.15, 0.2) is 0 Å². The zero-order valence-corrected chi connectivity index (χ0v) is 17.1. The molecule has 1 aromatic rings. The van der Waals surface area contributed by atoms with Gasteiger partial charge in [0.1, 0.15) is 11.6 Å². The Morgan fingerprint density at radius 3 is 2.46 bits per heavy atom. The van der Waals surface area contributed by atoms with Gasteiger partial charge in [-0.3, -0.25) is 4.90 Å². The molecule has 0 bridgehead atoms. The largest absolute Gasteiger partial charge is 0.393 e. The van der Waals surface area contributed by atoms with Crippen molar-refractivity contribution in [2.24, 2.45) is 12.5 Å². The van der Waals surface area contributed by atoms with Crippen molar-refractivity contribution in [3.8, 4) is 0 Å². The van der Waals surface area contributed by atoms with Crippen LogP contribution >= 0.6 is 0 Å². The van der Waals surface area contributed by atoms with E-state index in [4.69, 9.17) is 0 Å². The van der Waals surface area contributed by atoms with E-state index in [9.17, 15) is 5.11 Å². The van der Waals surface area contributed by atoms with Crippen LogP contribution in [0.5, 0.6) is 0 Å². The van der Waals surface area contributed by atoms with Crippen LogP contribution in [0.2, 0.25) is 0 Å². The molecule has 0 spiro atoms. The van der Waals surface area contributed by atoms with Crippen LogP contribution in [0.1, 0.15) is 70.4 Å². The first-order valence-electron chi connectivity index (χ1n) is 10.3. The smallest absolute Gasteiger partial charge is 0.146 e. The van der Waals surface area contributed by atoms with Gasteiger partial charge in [0, 0.05) is 32.6 Å². The van der Waals surface area contributed by atoms with Crippen LogP contribution in [-0.4, -0.2) is 68.5 Å². The molecular formula is C20H37N5O. The second-order valence-corrected chi connectivity index (χ2v) is 9.49. The Kier molecular flexibility index (Phi) is 6.36. The molecule has 0 aliphatic carbocycles. The van der Waals surface area contributed by atoms with E-state index in [1.807, 2.05) is 0 Å². The molecule has 2 saturated heterocycles. The Hall–Kier alpha value is -0.980. The highest BCUT2D eigenvalue weighted by Gasteiger charge is 2.27. The van der Waals surface area contributed by atoms with Gasteiger partial charge in [-0.15, -0.1) is 10.2 Å². The van der Waals surface area contributed by atoms with Gasteiger partial charge in [-0.2, -0.15) is 0 Å². The van der Waals surface area contributed by atoms with Crippen molar-refractivity contribution in [3.05, 3.63) is 11.6 Å². The minimum Gasteiger partial charge on any atom is -0.393 e. The fourth-order valence-electron chi connectivity index (χ4n) is 4.11. The molecule has 0 radical (unpaired) electrons. The molecule has 1 unspecified atom stereocenters. The van der Waals surface area contributed by atoms with Crippen molar-refractivity contribution in [2.75, 3.05) is 32.7 Å². The summed E-state index contributed by atoms with van der Waals surface area (Å²) in [4.78, 5) is 5.00. The Labute approximate surface area is 158 Å². The number of aliphatic hydroxyl groups is 1. The quantitative estimate of drug-likeness (QED) is 0.870. The Bertz CT molecular complexity index is 571. The lowest BCUT2D eigenvalue weighted by molar-refractivity contribution is 0.0775. The minimum absolute atomic E-state index is 0.123. The average molecular weight is 364 g/mol. The third-order valence-electron chi connectivity index (χ3n) is 5.97. The molecule has 6 heteroatoms. The van der Waals surface area contributed by atoms with Gasteiger partial charge in [0.15, 0.2) is 0 Å². The lowest BCUT2D eigenvalue weighted by Gasteiger charge is -2.34. The molecule has 2 aliphatic rings. The SMILES string of the molecule is Cn1c(CN2CCC(O)CC2)nnc1C1CCCN(CCC(C)(C)C)C1. The van der Waals surface area contributed by atoms with Crippen LogP contribution < -0.4 is 0 Å². The van der Waals surface area contributed by atoms with E-state index < -0.39 is 0 Å². The fourth-order valence-corrected chi connectivity index (χ4v) is 4.11. The van der Waals surface area contributed by atoms with Crippen molar-refractivity contribution < 1.29 is 5.11 Å². The summed E-state index contributed by atoms with van der Waals surface area (Å²) in [6.45, 7) is 13.2. The summed E-state index contributed by atoms with van der Waals surface area (Å²) < 4.78 is 2.23. The van der Waals surface area contributed by atoms with Crippen LogP contribution in [-0.2, 0) is 13.6 Å². The van der Waals surface area contributed by atoms with Crippen molar-refractivity contribution in [3.63, 3.8) is 0 Å². The molecule has 2 fully saturated rings. The molecule has 26 heavy (non-hydrogen) atoms. The summed E-state index contributed by atoms with van der Waals surface area (Å²) in [6.07, 6.45) is 5.33. The summed E-state index contributed by atoms with van der Waals surface area (Å²) >= 11 is 0. The molecule has 1 atom stereocenters. The molecule has 1 N–H and O–H groups in total. The van der Waals surface area contributed by atoms with Gasteiger partial charge in [0.2, 0.25) is 0 Å². The summed E-state index contributed by atoms with van der Waals surface area (Å²) in [7, 11) is 2.12. The maximum Gasteiger partial charge on any atom is 0.146 e. The lowest BCUT2D eigenvalue weighted by atomic mass is 9.91. The number of nitrogens with zero attached hydrogens (tertiary/aromatic N) is 5. The first kappa shape index (κ1) is 19.8. The molecule has 0 aromatic carbocycles. The van der Waals surface area contributed by atoms with E-state index in [0.717, 1.165) is 50.7 Å².